The molecule has 28 heavy (non-hydrogen) atoms. The lowest BCUT2D eigenvalue weighted by atomic mass is 9.84. The van der Waals surface area contributed by atoms with E-state index in [9.17, 15) is 13.2 Å². The fourth-order valence-electron chi connectivity index (χ4n) is 4.28. The Labute approximate surface area is 182 Å². The van der Waals surface area contributed by atoms with Gasteiger partial charge in [-0.15, -0.1) is 24.0 Å². The van der Waals surface area contributed by atoms with Crippen molar-refractivity contribution >= 4 is 29.9 Å². The summed E-state index contributed by atoms with van der Waals surface area (Å²) in [6, 6.07) is 5.65. The number of likely N-dealkylation sites (tertiary alicyclic amines) is 2. The van der Waals surface area contributed by atoms with Gasteiger partial charge in [0.25, 0.3) is 0 Å². The Kier molecular flexibility index (Phi) is 8.42. The molecule has 2 atom stereocenters. The van der Waals surface area contributed by atoms with Crippen LogP contribution in [0.2, 0.25) is 0 Å². The summed E-state index contributed by atoms with van der Waals surface area (Å²) in [6.45, 7) is 3.47. The SMILES string of the molecule is CN1CCCC(CN=C(N)N2CCCCC2)C1c1ccc(C(F)(F)F)cc1.I. The normalized spacial score (nSPS) is 24.7. The van der Waals surface area contributed by atoms with E-state index in [0.717, 1.165) is 50.9 Å². The molecule has 2 heterocycles. The maximum Gasteiger partial charge on any atom is 0.416 e. The molecule has 8 heteroatoms. The number of rotatable bonds is 3. The minimum absolute atomic E-state index is 0. The van der Waals surface area contributed by atoms with Crippen LogP contribution >= 0.6 is 24.0 Å². The summed E-state index contributed by atoms with van der Waals surface area (Å²) in [5.74, 6) is 0.859. The van der Waals surface area contributed by atoms with Gasteiger partial charge in [0, 0.05) is 25.7 Å². The van der Waals surface area contributed by atoms with Gasteiger partial charge in [-0.1, -0.05) is 12.1 Å². The predicted octanol–water partition coefficient (Wildman–Crippen LogP) is 4.51. The van der Waals surface area contributed by atoms with Crippen LogP contribution in [-0.4, -0.2) is 49.0 Å². The first-order valence-electron chi connectivity index (χ1n) is 9.78. The summed E-state index contributed by atoms with van der Waals surface area (Å²) in [5.41, 5.74) is 6.50. The second kappa shape index (κ2) is 10.1. The quantitative estimate of drug-likeness (QED) is 0.370. The van der Waals surface area contributed by atoms with E-state index in [4.69, 9.17) is 5.73 Å². The zero-order valence-corrected chi connectivity index (χ0v) is 18.6. The Morgan fingerprint density at radius 2 is 1.71 bits per heavy atom. The average molecular weight is 510 g/mol. The van der Waals surface area contributed by atoms with Gasteiger partial charge in [-0.25, -0.2) is 0 Å². The number of nitrogens with two attached hydrogens (primary N) is 1. The van der Waals surface area contributed by atoms with Crippen LogP contribution in [-0.2, 0) is 6.18 Å². The van der Waals surface area contributed by atoms with Gasteiger partial charge in [0.05, 0.1) is 5.56 Å². The average Bonchev–Trinajstić information content (AvgIpc) is 2.66. The zero-order valence-electron chi connectivity index (χ0n) is 16.3. The molecule has 0 aromatic heterocycles. The van der Waals surface area contributed by atoms with Crippen molar-refractivity contribution in [2.45, 2.75) is 44.3 Å². The van der Waals surface area contributed by atoms with Crippen molar-refractivity contribution in [3.63, 3.8) is 0 Å². The van der Waals surface area contributed by atoms with Crippen molar-refractivity contribution in [2.24, 2.45) is 16.6 Å². The Balaban J connectivity index is 0.00000280. The van der Waals surface area contributed by atoms with Crippen LogP contribution in [0.5, 0.6) is 0 Å². The largest absolute Gasteiger partial charge is 0.416 e. The van der Waals surface area contributed by atoms with Gasteiger partial charge < -0.3 is 10.6 Å². The van der Waals surface area contributed by atoms with Crippen molar-refractivity contribution in [1.82, 2.24) is 9.80 Å². The number of nitrogens with zero attached hydrogens (tertiary/aromatic N) is 3. The third-order valence-electron chi connectivity index (χ3n) is 5.75. The number of aliphatic imine (C=N–C) groups is 1. The third-order valence-corrected chi connectivity index (χ3v) is 5.75. The lowest BCUT2D eigenvalue weighted by molar-refractivity contribution is -0.137. The van der Waals surface area contributed by atoms with E-state index >= 15 is 0 Å². The number of benzene rings is 1. The lowest BCUT2D eigenvalue weighted by Gasteiger charge is -2.39. The molecule has 0 aliphatic carbocycles. The molecule has 2 aliphatic rings. The zero-order chi connectivity index (χ0) is 19.4. The monoisotopic (exact) mass is 510 g/mol. The van der Waals surface area contributed by atoms with Crippen molar-refractivity contribution in [3.05, 3.63) is 35.4 Å². The minimum atomic E-state index is -4.30. The lowest BCUT2D eigenvalue weighted by Crippen LogP contribution is -2.42. The van der Waals surface area contributed by atoms with E-state index in [-0.39, 0.29) is 35.9 Å². The second-order valence-corrected chi connectivity index (χ2v) is 7.69. The number of piperidine rings is 2. The van der Waals surface area contributed by atoms with Crippen molar-refractivity contribution in [3.8, 4) is 0 Å². The van der Waals surface area contributed by atoms with Crippen LogP contribution < -0.4 is 5.73 Å². The Morgan fingerprint density at radius 1 is 1.07 bits per heavy atom. The van der Waals surface area contributed by atoms with Crippen molar-refractivity contribution in [1.29, 1.82) is 0 Å². The van der Waals surface area contributed by atoms with E-state index in [1.165, 1.54) is 18.6 Å². The van der Waals surface area contributed by atoms with E-state index in [1.54, 1.807) is 12.1 Å². The highest BCUT2D eigenvalue weighted by molar-refractivity contribution is 14.0. The van der Waals surface area contributed by atoms with E-state index < -0.39 is 11.7 Å². The van der Waals surface area contributed by atoms with Gasteiger partial charge in [0.1, 0.15) is 0 Å². The highest BCUT2D eigenvalue weighted by Crippen LogP contribution is 2.37. The smallest absolute Gasteiger partial charge is 0.370 e. The maximum absolute atomic E-state index is 12.9. The molecule has 0 amide bonds. The van der Waals surface area contributed by atoms with Gasteiger partial charge in [-0.3, -0.25) is 9.89 Å². The first-order chi connectivity index (χ1) is 12.9. The van der Waals surface area contributed by atoms with Crippen LogP contribution in [0, 0.1) is 5.92 Å². The Bertz CT molecular complexity index is 642. The third kappa shape index (κ3) is 5.75. The van der Waals surface area contributed by atoms with Crippen LogP contribution in [0.1, 0.15) is 49.3 Å². The summed E-state index contributed by atoms with van der Waals surface area (Å²) in [5, 5.41) is 0. The molecule has 0 bridgehead atoms. The van der Waals surface area contributed by atoms with Gasteiger partial charge >= 0.3 is 6.18 Å². The fraction of sp³-hybridized carbons (Fsp3) is 0.650. The highest BCUT2D eigenvalue weighted by Gasteiger charge is 2.33. The molecule has 2 unspecified atom stereocenters. The van der Waals surface area contributed by atoms with E-state index in [2.05, 4.69) is 14.8 Å². The standard InChI is InChI=1S/C20H29F3N4.HI/c1-26-11-5-6-16(14-25-19(24)27-12-3-2-4-13-27)18(26)15-7-9-17(10-8-15)20(21,22)23;/h7-10,16,18H,2-6,11-14H2,1H3,(H2,24,25);1H. The molecule has 2 aliphatic heterocycles. The number of hydrogen-bond donors (Lipinski definition) is 1. The number of halogens is 4. The maximum atomic E-state index is 12.9. The van der Waals surface area contributed by atoms with E-state index in [0.29, 0.717) is 12.5 Å². The van der Waals surface area contributed by atoms with Gasteiger partial charge in [-0.05, 0) is 69.3 Å². The molecule has 0 spiro atoms. The summed E-state index contributed by atoms with van der Waals surface area (Å²) < 4.78 is 38.6. The van der Waals surface area contributed by atoms with Gasteiger partial charge in [0.2, 0.25) is 0 Å². The number of hydrogen-bond acceptors (Lipinski definition) is 2. The summed E-state index contributed by atoms with van der Waals surface area (Å²) >= 11 is 0. The highest BCUT2D eigenvalue weighted by atomic mass is 127. The molecule has 2 fully saturated rings. The molecule has 158 valence electrons. The first kappa shape index (κ1) is 23.3. The van der Waals surface area contributed by atoms with Crippen molar-refractivity contribution in [2.75, 3.05) is 33.2 Å². The number of guanidine groups is 1. The molecule has 4 nitrogen and oxygen atoms in total. The predicted molar refractivity (Wildman–Crippen MR) is 117 cm³/mol. The minimum Gasteiger partial charge on any atom is -0.370 e. The second-order valence-electron chi connectivity index (χ2n) is 7.69. The summed E-state index contributed by atoms with van der Waals surface area (Å²) in [7, 11) is 2.03. The molecule has 0 radical (unpaired) electrons. The van der Waals surface area contributed by atoms with Gasteiger partial charge in [0.15, 0.2) is 5.96 Å². The Morgan fingerprint density at radius 3 is 2.32 bits per heavy atom. The number of alkyl halides is 3. The topological polar surface area (TPSA) is 44.9 Å². The molecule has 1 aromatic carbocycles. The molecule has 1 aromatic rings. The molecular weight excluding hydrogens is 480 g/mol. The molecule has 2 N–H and O–H groups in total. The molecule has 2 saturated heterocycles. The van der Waals surface area contributed by atoms with Crippen LogP contribution in [0.25, 0.3) is 0 Å². The molecular formula is C20H30F3IN4. The van der Waals surface area contributed by atoms with E-state index in [1.807, 2.05) is 7.05 Å². The summed E-state index contributed by atoms with van der Waals surface area (Å²) in [6.07, 6.45) is 1.31. The van der Waals surface area contributed by atoms with Crippen LogP contribution in [0.3, 0.4) is 0 Å². The first-order valence-corrected chi connectivity index (χ1v) is 9.78. The molecule has 3 rings (SSSR count). The van der Waals surface area contributed by atoms with Gasteiger partial charge in [-0.2, -0.15) is 13.2 Å². The molecule has 0 saturated carbocycles. The van der Waals surface area contributed by atoms with Crippen molar-refractivity contribution < 1.29 is 13.2 Å². The van der Waals surface area contributed by atoms with Crippen LogP contribution in [0.4, 0.5) is 13.2 Å². The Hall–Kier alpha value is -1.03. The van der Waals surface area contributed by atoms with Crippen LogP contribution in [0.15, 0.2) is 29.3 Å². The fourth-order valence-corrected chi connectivity index (χ4v) is 4.28. The summed E-state index contributed by atoms with van der Waals surface area (Å²) in [4.78, 5) is 9.02.